The van der Waals surface area contributed by atoms with E-state index in [1.54, 1.807) is 7.05 Å². The first-order valence-electron chi connectivity index (χ1n) is 5.57. The van der Waals surface area contributed by atoms with Gasteiger partial charge in [0.15, 0.2) is 0 Å². The number of sulfonamides is 1. The predicted molar refractivity (Wildman–Crippen MR) is 65.8 cm³/mol. The Bertz CT molecular complexity index is 276. The Kier molecular flexibility index (Phi) is 7.14. The second-order valence-corrected chi connectivity index (χ2v) is 6.52. The van der Waals surface area contributed by atoms with Crippen LogP contribution in [0.3, 0.4) is 0 Å². The van der Waals surface area contributed by atoms with Crippen LogP contribution in [0.4, 0.5) is 0 Å². The largest absolute Gasteiger partial charge is 0.378 e. The fourth-order valence-electron chi connectivity index (χ4n) is 1.07. The Morgan fingerprint density at radius 1 is 1.31 bits per heavy atom. The third-order valence-electron chi connectivity index (χ3n) is 2.17. The molecule has 0 aromatic heterocycles. The first-order chi connectivity index (χ1) is 7.25. The maximum Gasteiger partial charge on any atom is 0.216 e. The van der Waals surface area contributed by atoms with E-state index >= 15 is 0 Å². The zero-order valence-electron chi connectivity index (χ0n) is 10.6. The maximum atomic E-state index is 11.7. The molecule has 0 fully saturated rings. The molecule has 2 N–H and O–H groups in total. The molecule has 0 aliphatic rings. The van der Waals surface area contributed by atoms with E-state index in [1.807, 2.05) is 20.8 Å². The van der Waals surface area contributed by atoms with Crippen molar-refractivity contribution in [2.24, 2.45) is 5.73 Å². The minimum Gasteiger partial charge on any atom is -0.378 e. The van der Waals surface area contributed by atoms with E-state index in [1.165, 1.54) is 4.31 Å². The van der Waals surface area contributed by atoms with Crippen molar-refractivity contribution in [2.45, 2.75) is 39.3 Å². The summed E-state index contributed by atoms with van der Waals surface area (Å²) < 4.78 is 30.0. The average molecular weight is 252 g/mol. The zero-order valence-corrected chi connectivity index (χ0v) is 11.5. The molecule has 98 valence electrons. The van der Waals surface area contributed by atoms with Gasteiger partial charge in [-0.25, -0.2) is 12.7 Å². The van der Waals surface area contributed by atoms with Crippen molar-refractivity contribution >= 4 is 10.0 Å². The standard InChI is InChI=1S/C10H24N2O3S/c1-9(2)15-7-8-16(13,14)12(4)6-5-10(3)11/h9-10H,5-8,11H2,1-4H3. The van der Waals surface area contributed by atoms with Crippen molar-refractivity contribution in [2.75, 3.05) is 26.0 Å². The molecule has 0 aromatic carbocycles. The van der Waals surface area contributed by atoms with Crippen LogP contribution < -0.4 is 5.73 Å². The molecule has 16 heavy (non-hydrogen) atoms. The molecular weight excluding hydrogens is 228 g/mol. The van der Waals surface area contributed by atoms with Gasteiger partial charge in [0.25, 0.3) is 0 Å². The summed E-state index contributed by atoms with van der Waals surface area (Å²) in [7, 11) is -1.62. The number of hydrogen-bond donors (Lipinski definition) is 1. The molecule has 5 nitrogen and oxygen atoms in total. The van der Waals surface area contributed by atoms with E-state index in [0.29, 0.717) is 13.0 Å². The van der Waals surface area contributed by atoms with E-state index in [2.05, 4.69) is 0 Å². The molecule has 0 amide bonds. The van der Waals surface area contributed by atoms with Crippen LogP contribution in [-0.4, -0.2) is 50.8 Å². The smallest absolute Gasteiger partial charge is 0.216 e. The lowest BCUT2D eigenvalue weighted by atomic mass is 10.2. The summed E-state index contributed by atoms with van der Waals surface area (Å²) in [4.78, 5) is 0. The molecule has 6 heteroatoms. The zero-order chi connectivity index (χ0) is 12.8. The van der Waals surface area contributed by atoms with Gasteiger partial charge in [0.1, 0.15) is 0 Å². The number of ether oxygens (including phenoxy) is 1. The highest BCUT2D eigenvalue weighted by atomic mass is 32.2. The fourth-order valence-corrected chi connectivity index (χ4v) is 2.07. The molecule has 0 spiro atoms. The summed E-state index contributed by atoms with van der Waals surface area (Å²) in [5.41, 5.74) is 5.58. The van der Waals surface area contributed by atoms with Crippen molar-refractivity contribution < 1.29 is 13.2 Å². The Morgan fingerprint density at radius 3 is 2.31 bits per heavy atom. The molecule has 1 atom stereocenters. The molecule has 0 aliphatic carbocycles. The van der Waals surface area contributed by atoms with Crippen molar-refractivity contribution in [1.29, 1.82) is 0 Å². The molecule has 0 rings (SSSR count). The second kappa shape index (κ2) is 7.21. The van der Waals surface area contributed by atoms with Gasteiger partial charge in [-0.2, -0.15) is 0 Å². The van der Waals surface area contributed by atoms with Crippen LogP contribution in [0.1, 0.15) is 27.2 Å². The number of nitrogens with zero attached hydrogens (tertiary/aromatic N) is 1. The molecule has 0 heterocycles. The monoisotopic (exact) mass is 252 g/mol. The Morgan fingerprint density at radius 2 is 1.88 bits per heavy atom. The van der Waals surface area contributed by atoms with Gasteiger partial charge < -0.3 is 10.5 Å². The number of nitrogens with two attached hydrogens (primary N) is 1. The molecule has 0 aromatic rings. The van der Waals surface area contributed by atoms with Crippen molar-refractivity contribution in [3.05, 3.63) is 0 Å². The lowest BCUT2D eigenvalue weighted by Gasteiger charge is -2.18. The van der Waals surface area contributed by atoms with Gasteiger partial charge in [-0.3, -0.25) is 0 Å². The molecular formula is C10H24N2O3S. The van der Waals surface area contributed by atoms with Gasteiger partial charge in [-0.15, -0.1) is 0 Å². The highest BCUT2D eigenvalue weighted by molar-refractivity contribution is 7.89. The van der Waals surface area contributed by atoms with Crippen molar-refractivity contribution in [3.63, 3.8) is 0 Å². The molecule has 0 bridgehead atoms. The number of rotatable bonds is 8. The normalized spacial score (nSPS) is 14.7. The predicted octanol–water partition coefficient (Wildman–Crippen LogP) is 0.410. The number of hydrogen-bond acceptors (Lipinski definition) is 4. The molecule has 0 aliphatic heterocycles. The molecule has 1 unspecified atom stereocenters. The van der Waals surface area contributed by atoms with E-state index in [4.69, 9.17) is 10.5 Å². The summed E-state index contributed by atoms with van der Waals surface area (Å²) in [5, 5.41) is 0. The molecule has 0 saturated heterocycles. The van der Waals surface area contributed by atoms with Crippen molar-refractivity contribution in [3.8, 4) is 0 Å². The lowest BCUT2D eigenvalue weighted by molar-refractivity contribution is 0.0907. The first kappa shape index (κ1) is 15.8. The quantitative estimate of drug-likeness (QED) is 0.679. The average Bonchev–Trinajstić information content (AvgIpc) is 2.12. The SMILES string of the molecule is CC(N)CCN(C)S(=O)(=O)CCOC(C)C. The van der Waals surface area contributed by atoms with E-state index in [-0.39, 0.29) is 24.5 Å². The molecule has 0 saturated carbocycles. The lowest BCUT2D eigenvalue weighted by Crippen LogP contribution is -2.34. The van der Waals surface area contributed by atoms with Crippen LogP contribution in [0.5, 0.6) is 0 Å². The Hall–Kier alpha value is -0.170. The third-order valence-corrected chi connectivity index (χ3v) is 3.98. The summed E-state index contributed by atoms with van der Waals surface area (Å²) >= 11 is 0. The molecule has 0 radical (unpaired) electrons. The highest BCUT2D eigenvalue weighted by Gasteiger charge is 2.17. The summed E-state index contributed by atoms with van der Waals surface area (Å²) in [6.45, 7) is 6.32. The Balaban J connectivity index is 4.01. The van der Waals surface area contributed by atoms with Gasteiger partial charge >= 0.3 is 0 Å². The van der Waals surface area contributed by atoms with E-state index in [0.717, 1.165) is 0 Å². The van der Waals surface area contributed by atoms with Crippen LogP contribution in [0.15, 0.2) is 0 Å². The summed E-state index contributed by atoms with van der Waals surface area (Å²) in [6.07, 6.45) is 0.727. The highest BCUT2D eigenvalue weighted by Crippen LogP contribution is 2.01. The fraction of sp³-hybridized carbons (Fsp3) is 1.00. The van der Waals surface area contributed by atoms with Crippen LogP contribution in [-0.2, 0) is 14.8 Å². The van der Waals surface area contributed by atoms with Crippen LogP contribution >= 0.6 is 0 Å². The van der Waals surface area contributed by atoms with Gasteiger partial charge in [-0.05, 0) is 27.2 Å². The van der Waals surface area contributed by atoms with Crippen LogP contribution in [0, 0.1) is 0 Å². The maximum absolute atomic E-state index is 11.7. The van der Waals surface area contributed by atoms with Gasteiger partial charge in [0, 0.05) is 19.6 Å². The van der Waals surface area contributed by atoms with Gasteiger partial charge in [0.2, 0.25) is 10.0 Å². The van der Waals surface area contributed by atoms with Gasteiger partial charge in [-0.1, -0.05) is 0 Å². The van der Waals surface area contributed by atoms with Gasteiger partial charge in [0.05, 0.1) is 18.5 Å². The minimum absolute atomic E-state index is 0.0181. The summed E-state index contributed by atoms with van der Waals surface area (Å²) in [6, 6.07) is 0.0181. The third kappa shape index (κ3) is 7.16. The first-order valence-corrected chi connectivity index (χ1v) is 7.18. The van der Waals surface area contributed by atoms with Crippen LogP contribution in [0.2, 0.25) is 0 Å². The minimum atomic E-state index is -3.20. The second-order valence-electron chi connectivity index (χ2n) is 4.32. The summed E-state index contributed by atoms with van der Waals surface area (Å²) in [5.74, 6) is 0.0284. The van der Waals surface area contributed by atoms with E-state index in [9.17, 15) is 8.42 Å². The Labute approximate surface area is 99.0 Å². The van der Waals surface area contributed by atoms with Crippen LogP contribution in [0.25, 0.3) is 0 Å². The van der Waals surface area contributed by atoms with E-state index < -0.39 is 10.0 Å². The topological polar surface area (TPSA) is 72.6 Å². The van der Waals surface area contributed by atoms with Crippen molar-refractivity contribution in [1.82, 2.24) is 4.31 Å².